The number of likely N-dealkylation sites (tertiary alicyclic amines) is 1. The first-order valence-corrected chi connectivity index (χ1v) is 5.60. The Balaban J connectivity index is 1.88. The minimum Gasteiger partial charge on any atom is -0.368 e. The zero-order chi connectivity index (χ0) is 11.1. The summed E-state index contributed by atoms with van der Waals surface area (Å²) in [5.74, 6) is 0. The molecule has 0 saturated carbocycles. The molecular weight excluding hydrogens is 194 g/mol. The number of hydrogen-bond donors (Lipinski definition) is 0. The molecule has 0 amide bonds. The van der Waals surface area contributed by atoms with Gasteiger partial charge in [-0.1, -0.05) is 0 Å². The molecule has 2 aliphatic rings. The summed E-state index contributed by atoms with van der Waals surface area (Å²) in [4.78, 5) is 2.21. The predicted octanol–water partition coefficient (Wildman–Crippen LogP) is 1.20. The standard InChI is InChI=1S/C11H21NO3/c1-11(2,3)15-10(13-4)12-6-5-8-9(7-12)14-8/h8-10H,5-7H2,1-4H3. The minimum atomic E-state index is -0.241. The summed E-state index contributed by atoms with van der Waals surface area (Å²) in [6, 6.07) is 0. The monoisotopic (exact) mass is 215 g/mol. The molecule has 15 heavy (non-hydrogen) atoms. The van der Waals surface area contributed by atoms with E-state index in [-0.39, 0.29) is 12.0 Å². The highest BCUT2D eigenvalue weighted by Gasteiger charge is 2.45. The van der Waals surface area contributed by atoms with Crippen LogP contribution in [0.4, 0.5) is 0 Å². The Labute approximate surface area is 91.5 Å². The highest BCUT2D eigenvalue weighted by Crippen LogP contribution is 2.32. The van der Waals surface area contributed by atoms with Gasteiger partial charge in [0.2, 0.25) is 6.41 Å². The molecule has 0 aliphatic carbocycles. The molecule has 0 N–H and O–H groups in total. The fourth-order valence-corrected chi connectivity index (χ4v) is 1.97. The molecule has 0 aromatic rings. The largest absolute Gasteiger partial charge is 0.368 e. The van der Waals surface area contributed by atoms with Crippen LogP contribution in [0.2, 0.25) is 0 Å². The second kappa shape index (κ2) is 4.01. The summed E-state index contributed by atoms with van der Waals surface area (Å²) in [5, 5.41) is 0. The van der Waals surface area contributed by atoms with E-state index < -0.39 is 0 Å². The number of piperidine rings is 1. The topological polar surface area (TPSA) is 34.2 Å². The maximum Gasteiger partial charge on any atom is 0.218 e. The van der Waals surface area contributed by atoms with Gasteiger partial charge in [-0.15, -0.1) is 0 Å². The van der Waals surface area contributed by atoms with E-state index in [1.807, 2.05) is 20.8 Å². The van der Waals surface area contributed by atoms with Gasteiger partial charge in [-0.25, -0.2) is 0 Å². The van der Waals surface area contributed by atoms with Crippen LogP contribution < -0.4 is 0 Å². The molecule has 2 heterocycles. The van der Waals surface area contributed by atoms with Crippen LogP contribution in [0.5, 0.6) is 0 Å². The Bertz CT molecular complexity index is 226. The minimum absolute atomic E-state index is 0.179. The molecule has 2 fully saturated rings. The Hall–Kier alpha value is -0.160. The van der Waals surface area contributed by atoms with Crippen molar-refractivity contribution in [2.45, 2.75) is 51.4 Å². The van der Waals surface area contributed by atoms with Gasteiger partial charge in [0.05, 0.1) is 17.8 Å². The summed E-state index contributed by atoms with van der Waals surface area (Å²) in [6.07, 6.45) is 1.78. The van der Waals surface area contributed by atoms with E-state index >= 15 is 0 Å². The number of epoxide rings is 1. The molecular formula is C11H21NO3. The molecule has 3 unspecified atom stereocenters. The summed E-state index contributed by atoms with van der Waals surface area (Å²) >= 11 is 0. The molecule has 3 atom stereocenters. The van der Waals surface area contributed by atoms with Crippen molar-refractivity contribution in [3.05, 3.63) is 0 Å². The summed E-state index contributed by atoms with van der Waals surface area (Å²) < 4.78 is 16.7. The number of methoxy groups -OCH3 is 1. The third kappa shape index (κ3) is 2.91. The average Bonchev–Trinajstić information content (AvgIpc) is 2.90. The van der Waals surface area contributed by atoms with E-state index in [4.69, 9.17) is 14.2 Å². The lowest BCUT2D eigenvalue weighted by Crippen LogP contribution is -2.47. The molecule has 2 saturated heterocycles. The Morgan fingerprint density at radius 2 is 2.07 bits per heavy atom. The normalized spacial score (nSPS) is 33.6. The molecule has 88 valence electrons. The van der Waals surface area contributed by atoms with Crippen molar-refractivity contribution in [1.29, 1.82) is 0 Å². The van der Waals surface area contributed by atoms with Crippen LogP contribution in [-0.4, -0.2) is 49.3 Å². The van der Waals surface area contributed by atoms with E-state index in [1.54, 1.807) is 7.11 Å². The first kappa shape index (κ1) is 11.3. The highest BCUT2D eigenvalue weighted by atomic mass is 16.7. The lowest BCUT2D eigenvalue weighted by molar-refractivity contribution is -0.254. The van der Waals surface area contributed by atoms with Crippen molar-refractivity contribution in [3.63, 3.8) is 0 Å². The van der Waals surface area contributed by atoms with Crippen LogP contribution in [0, 0.1) is 0 Å². The summed E-state index contributed by atoms with van der Waals surface area (Å²) in [6.45, 7) is 8.05. The van der Waals surface area contributed by atoms with Gasteiger partial charge in [-0.3, -0.25) is 4.90 Å². The third-order valence-electron chi connectivity index (χ3n) is 2.76. The predicted molar refractivity (Wildman–Crippen MR) is 56.5 cm³/mol. The molecule has 2 rings (SSSR count). The van der Waals surface area contributed by atoms with Crippen LogP contribution in [0.25, 0.3) is 0 Å². The van der Waals surface area contributed by atoms with Crippen molar-refractivity contribution in [3.8, 4) is 0 Å². The van der Waals surface area contributed by atoms with Gasteiger partial charge in [-0.05, 0) is 27.2 Å². The SMILES string of the molecule is COC(OC(C)(C)C)N1CCC2OC2C1. The van der Waals surface area contributed by atoms with Crippen molar-refractivity contribution in [1.82, 2.24) is 4.90 Å². The van der Waals surface area contributed by atoms with Gasteiger partial charge in [-0.2, -0.15) is 0 Å². The van der Waals surface area contributed by atoms with Gasteiger partial charge in [0.1, 0.15) is 0 Å². The van der Waals surface area contributed by atoms with Crippen molar-refractivity contribution >= 4 is 0 Å². The van der Waals surface area contributed by atoms with Gasteiger partial charge < -0.3 is 14.2 Å². The number of rotatable bonds is 3. The Kier molecular flexibility index (Phi) is 3.03. The number of fused-ring (bicyclic) bond motifs is 1. The summed E-state index contributed by atoms with van der Waals surface area (Å²) in [7, 11) is 1.69. The van der Waals surface area contributed by atoms with E-state index in [0.717, 1.165) is 19.5 Å². The molecule has 4 nitrogen and oxygen atoms in total. The smallest absolute Gasteiger partial charge is 0.218 e. The van der Waals surface area contributed by atoms with E-state index in [1.165, 1.54) is 0 Å². The second-order valence-corrected chi connectivity index (χ2v) is 5.27. The molecule has 0 radical (unpaired) electrons. The maximum atomic E-state index is 5.84. The molecule has 0 bridgehead atoms. The van der Waals surface area contributed by atoms with Crippen LogP contribution in [-0.2, 0) is 14.2 Å². The number of hydrogen-bond acceptors (Lipinski definition) is 4. The summed E-state index contributed by atoms with van der Waals surface area (Å²) in [5.41, 5.74) is -0.179. The second-order valence-electron chi connectivity index (χ2n) is 5.27. The Morgan fingerprint density at radius 3 is 2.60 bits per heavy atom. The number of nitrogens with zero attached hydrogens (tertiary/aromatic N) is 1. The molecule has 0 spiro atoms. The van der Waals surface area contributed by atoms with Crippen LogP contribution in [0.1, 0.15) is 27.2 Å². The maximum absolute atomic E-state index is 5.84. The Morgan fingerprint density at radius 1 is 1.33 bits per heavy atom. The molecule has 4 heteroatoms. The fraction of sp³-hybridized carbons (Fsp3) is 1.00. The zero-order valence-electron chi connectivity index (χ0n) is 10.0. The van der Waals surface area contributed by atoms with E-state index in [0.29, 0.717) is 12.2 Å². The van der Waals surface area contributed by atoms with Gasteiger partial charge in [0, 0.05) is 20.2 Å². The first-order chi connectivity index (χ1) is 6.99. The van der Waals surface area contributed by atoms with Crippen molar-refractivity contribution in [2.24, 2.45) is 0 Å². The highest BCUT2D eigenvalue weighted by molar-refractivity contribution is 4.92. The number of ether oxygens (including phenoxy) is 3. The lowest BCUT2D eigenvalue weighted by Gasteiger charge is -2.35. The molecule has 2 aliphatic heterocycles. The van der Waals surface area contributed by atoms with Crippen molar-refractivity contribution < 1.29 is 14.2 Å². The van der Waals surface area contributed by atoms with Crippen LogP contribution in [0.15, 0.2) is 0 Å². The fourth-order valence-electron chi connectivity index (χ4n) is 1.97. The van der Waals surface area contributed by atoms with Crippen LogP contribution >= 0.6 is 0 Å². The molecule has 0 aromatic heterocycles. The van der Waals surface area contributed by atoms with Gasteiger partial charge in [0.15, 0.2) is 0 Å². The molecule has 0 aromatic carbocycles. The third-order valence-corrected chi connectivity index (χ3v) is 2.76. The van der Waals surface area contributed by atoms with Gasteiger partial charge in [0.25, 0.3) is 0 Å². The van der Waals surface area contributed by atoms with E-state index in [9.17, 15) is 0 Å². The average molecular weight is 215 g/mol. The quantitative estimate of drug-likeness (QED) is 0.523. The first-order valence-electron chi connectivity index (χ1n) is 5.60. The zero-order valence-corrected chi connectivity index (χ0v) is 10.0. The van der Waals surface area contributed by atoms with Crippen molar-refractivity contribution in [2.75, 3.05) is 20.2 Å². The van der Waals surface area contributed by atoms with Gasteiger partial charge >= 0.3 is 0 Å². The van der Waals surface area contributed by atoms with Crippen LogP contribution in [0.3, 0.4) is 0 Å². The van der Waals surface area contributed by atoms with E-state index in [2.05, 4.69) is 4.90 Å². The lowest BCUT2D eigenvalue weighted by atomic mass is 10.1.